The molecule has 2 rings (SSSR count). The van der Waals surface area contributed by atoms with E-state index in [4.69, 9.17) is 11.5 Å². The number of carbonyl (C=O) groups is 2. The molecule has 0 aliphatic heterocycles. The second-order valence-corrected chi connectivity index (χ2v) is 10.3. The van der Waals surface area contributed by atoms with Crippen molar-refractivity contribution >= 4 is 36.1 Å². The molecule has 2 aromatic rings. The summed E-state index contributed by atoms with van der Waals surface area (Å²) in [7, 11) is 0. The summed E-state index contributed by atoms with van der Waals surface area (Å²) < 4.78 is 0. The Hall–Kier alpha value is -1.80. The number of rotatable bonds is 14. The molecule has 0 aromatic heterocycles. The molecule has 7 heteroatoms. The summed E-state index contributed by atoms with van der Waals surface area (Å²) in [6, 6.07) is 18.6. The summed E-state index contributed by atoms with van der Waals surface area (Å²) in [6.07, 6.45) is 1.13. The number of thiol groups is 1. The van der Waals surface area contributed by atoms with E-state index in [0.29, 0.717) is 31.7 Å². The van der Waals surface area contributed by atoms with Crippen molar-refractivity contribution < 1.29 is 9.59 Å². The molecule has 0 fully saturated rings. The predicted octanol–water partition coefficient (Wildman–Crippen LogP) is 3.91. The van der Waals surface area contributed by atoms with Crippen LogP contribution in [-0.4, -0.2) is 46.7 Å². The Morgan fingerprint density at radius 1 is 1.03 bits per heavy atom. The van der Waals surface area contributed by atoms with Gasteiger partial charge in [-0.25, -0.2) is 0 Å². The maximum absolute atomic E-state index is 13.9. The van der Waals surface area contributed by atoms with Crippen LogP contribution in [0.15, 0.2) is 60.7 Å². The van der Waals surface area contributed by atoms with Gasteiger partial charge in [-0.2, -0.15) is 24.4 Å². The first kappa shape index (κ1) is 27.4. The van der Waals surface area contributed by atoms with E-state index in [0.717, 1.165) is 11.3 Å². The van der Waals surface area contributed by atoms with E-state index in [1.54, 1.807) is 16.7 Å². The van der Waals surface area contributed by atoms with Crippen molar-refractivity contribution in [1.29, 1.82) is 0 Å². The first-order chi connectivity index (χ1) is 15.8. The Bertz CT molecular complexity index is 862. The lowest BCUT2D eigenvalue weighted by Crippen LogP contribution is -2.54. The summed E-state index contributed by atoms with van der Waals surface area (Å²) in [5, 5.41) is 0. The molecule has 0 saturated heterocycles. The Morgan fingerprint density at radius 3 is 2.15 bits per heavy atom. The van der Waals surface area contributed by atoms with Crippen LogP contribution in [0.1, 0.15) is 37.8 Å². The fourth-order valence-corrected chi connectivity index (χ4v) is 5.00. The van der Waals surface area contributed by atoms with Gasteiger partial charge in [0.1, 0.15) is 0 Å². The van der Waals surface area contributed by atoms with Crippen molar-refractivity contribution in [2.45, 2.75) is 51.1 Å². The van der Waals surface area contributed by atoms with E-state index < -0.39 is 17.5 Å². The first-order valence-electron chi connectivity index (χ1n) is 11.4. The predicted molar refractivity (Wildman–Crippen MR) is 142 cm³/mol. The van der Waals surface area contributed by atoms with Gasteiger partial charge < -0.3 is 16.4 Å². The minimum Gasteiger partial charge on any atom is -0.330 e. The largest absolute Gasteiger partial charge is 0.330 e. The van der Waals surface area contributed by atoms with Crippen molar-refractivity contribution in [1.82, 2.24) is 4.90 Å². The number of amides is 1. The summed E-state index contributed by atoms with van der Waals surface area (Å²) in [4.78, 5) is 28.9. The summed E-state index contributed by atoms with van der Waals surface area (Å²) in [5.41, 5.74) is 13.4. The zero-order valence-corrected chi connectivity index (χ0v) is 21.4. The first-order valence-corrected chi connectivity index (χ1v) is 13.2. The second-order valence-electron chi connectivity index (χ2n) is 8.92. The van der Waals surface area contributed by atoms with Crippen LogP contribution in [0.5, 0.6) is 0 Å². The van der Waals surface area contributed by atoms with Crippen LogP contribution in [0, 0.1) is 5.41 Å². The van der Waals surface area contributed by atoms with E-state index in [9.17, 15) is 9.59 Å². The molecule has 180 valence electrons. The number of nitrogens with two attached hydrogens (primary N) is 2. The maximum Gasteiger partial charge on any atom is 0.229 e. The molecule has 0 aliphatic carbocycles. The lowest BCUT2D eigenvalue weighted by atomic mass is 9.90. The van der Waals surface area contributed by atoms with E-state index >= 15 is 0 Å². The molecule has 0 saturated carbocycles. The fourth-order valence-electron chi connectivity index (χ4n) is 3.65. The van der Waals surface area contributed by atoms with Crippen LogP contribution in [-0.2, 0) is 21.9 Å². The maximum atomic E-state index is 13.9. The molecule has 33 heavy (non-hydrogen) atoms. The smallest absolute Gasteiger partial charge is 0.229 e. The average molecular weight is 488 g/mol. The number of Topliss-reactive ketones (excluding diaryl/α,β-unsaturated/α-hetero) is 1. The van der Waals surface area contributed by atoms with Gasteiger partial charge in [0, 0.05) is 23.8 Å². The molecule has 0 unspecified atom stereocenters. The van der Waals surface area contributed by atoms with Crippen LogP contribution < -0.4 is 11.5 Å². The number of nitrogens with zero attached hydrogens (tertiary/aromatic N) is 1. The van der Waals surface area contributed by atoms with Gasteiger partial charge in [0.2, 0.25) is 5.91 Å². The van der Waals surface area contributed by atoms with Crippen molar-refractivity contribution in [3.63, 3.8) is 0 Å². The summed E-state index contributed by atoms with van der Waals surface area (Å²) >= 11 is 5.95. The summed E-state index contributed by atoms with van der Waals surface area (Å²) in [6.45, 7) is 4.71. The lowest BCUT2D eigenvalue weighted by molar-refractivity contribution is -0.147. The molecular weight excluding hydrogens is 450 g/mol. The highest BCUT2D eigenvalue weighted by Gasteiger charge is 2.38. The van der Waals surface area contributed by atoms with Crippen LogP contribution >= 0.6 is 24.4 Å². The number of benzene rings is 2. The molecule has 4 N–H and O–H groups in total. The zero-order chi connectivity index (χ0) is 24.3. The Balaban J connectivity index is 2.26. The van der Waals surface area contributed by atoms with E-state index in [-0.39, 0.29) is 17.4 Å². The van der Waals surface area contributed by atoms with Gasteiger partial charge >= 0.3 is 0 Å². The van der Waals surface area contributed by atoms with Gasteiger partial charge in [-0.05, 0) is 30.5 Å². The third kappa shape index (κ3) is 8.49. The van der Waals surface area contributed by atoms with Gasteiger partial charge in [0.05, 0.1) is 17.5 Å². The molecule has 0 radical (unpaired) electrons. The Labute approximate surface area is 208 Å². The molecule has 0 spiro atoms. The van der Waals surface area contributed by atoms with Crippen LogP contribution in [0.2, 0.25) is 0 Å². The van der Waals surface area contributed by atoms with Crippen molar-refractivity contribution in [2.75, 3.05) is 18.1 Å². The number of thioether (sulfide) groups is 1. The SMILES string of the molecule is CC(C)(CSCc1ccccc1)C(=O)N(Cc1ccccc1)[C@@H](CCCN)C(=O)[C@@H](N)CS. The lowest BCUT2D eigenvalue weighted by Gasteiger charge is -2.37. The molecule has 1 amide bonds. The third-order valence-electron chi connectivity index (χ3n) is 5.56. The molecule has 2 aromatic carbocycles. The van der Waals surface area contributed by atoms with Crippen LogP contribution in [0.4, 0.5) is 0 Å². The van der Waals surface area contributed by atoms with Gasteiger partial charge in [-0.1, -0.05) is 74.5 Å². The molecule has 0 aliphatic rings. The van der Waals surface area contributed by atoms with Crippen molar-refractivity contribution in [2.24, 2.45) is 16.9 Å². The topological polar surface area (TPSA) is 89.4 Å². The van der Waals surface area contributed by atoms with E-state index in [1.807, 2.05) is 62.4 Å². The molecule has 0 bridgehead atoms. The number of ketones is 1. The Kier molecular flexibility index (Phi) is 11.5. The fraction of sp³-hybridized carbons (Fsp3) is 0.462. The van der Waals surface area contributed by atoms with Gasteiger partial charge in [0.25, 0.3) is 0 Å². The van der Waals surface area contributed by atoms with Gasteiger partial charge in [0.15, 0.2) is 5.78 Å². The quantitative estimate of drug-likeness (QED) is 0.352. The minimum absolute atomic E-state index is 0.0475. The van der Waals surface area contributed by atoms with Gasteiger partial charge in [-0.3, -0.25) is 9.59 Å². The number of carbonyl (C=O) groups excluding carboxylic acids is 2. The van der Waals surface area contributed by atoms with Crippen molar-refractivity contribution in [3.8, 4) is 0 Å². The molecule has 5 nitrogen and oxygen atoms in total. The molecule has 2 atom stereocenters. The normalized spacial score (nSPS) is 13.4. The number of hydrogen-bond donors (Lipinski definition) is 3. The van der Waals surface area contributed by atoms with Crippen LogP contribution in [0.25, 0.3) is 0 Å². The monoisotopic (exact) mass is 487 g/mol. The molecular formula is C26H37N3O2S2. The second kappa shape index (κ2) is 13.8. The molecule has 0 heterocycles. The highest BCUT2D eigenvalue weighted by atomic mass is 32.2. The Morgan fingerprint density at radius 2 is 1.61 bits per heavy atom. The standard InChI is InChI=1S/C26H37N3O2S2/c1-26(2,19-33-18-21-12-7-4-8-13-21)25(31)29(16-20-10-5-3-6-11-20)23(14-9-15-27)24(30)22(28)17-32/h3-8,10-13,22-23,32H,9,14-19,27-28H2,1-2H3/t22-,23-/m0/s1. The highest BCUT2D eigenvalue weighted by Crippen LogP contribution is 2.29. The third-order valence-corrected chi connectivity index (χ3v) is 7.42. The van der Waals surface area contributed by atoms with E-state index in [2.05, 4.69) is 24.8 Å². The van der Waals surface area contributed by atoms with Crippen molar-refractivity contribution in [3.05, 3.63) is 71.8 Å². The number of hydrogen-bond acceptors (Lipinski definition) is 6. The minimum atomic E-state index is -0.724. The highest BCUT2D eigenvalue weighted by molar-refractivity contribution is 7.98. The summed E-state index contributed by atoms with van der Waals surface area (Å²) in [5.74, 6) is 1.50. The average Bonchev–Trinajstić information content (AvgIpc) is 2.83. The van der Waals surface area contributed by atoms with Crippen LogP contribution in [0.3, 0.4) is 0 Å². The van der Waals surface area contributed by atoms with Gasteiger partial charge in [-0.15, -0.1) is 0 Å². The zero-order valence-electron chi connectivity index (χ0n) is 19.7. The van der Waals surface area contributed by atoms with E-state index in [1.165, 1.54) is 5.56 Å².